The smallest absolute Gasteiger partial charge is 0.191 e. The molecule has 0 amide bonds. The number of benzene rings is 1. The number of hydrogen-bond acceptors (Lipinski definition) is 4. The van der Waals surface area contributed by atoms with Crippen LogP contribution in [-0.4, -0.2) is 52.1 Å². The quantitative estimate of drug-likeness (QED) is 0.560. The molecule has 7 heteroatoms. The van der Waals surface area contributed by atoms with Gasteiger partial charge in [0.15, 0.2) is 15.8 Å². The summed E-state index contributed by atoms with van der Waals surface area (Å²) in [5.41, 5.74) is 1.35. The van der Waals surface area contributed by atoms with Gasteiger partial charge in [0.1, 0.15) is 5.75 Å². The van der Waals surface area contributed by atoms with E-state index < -0.39 is 9.84 Å². The Kier molecular flexibility index (Phi) is 6.86. The maximum absolute atomic E-state index is 11.8. The number of guanidine groups is 1. The molecule has 1 heterocycles. The van der Waals surface area contributed by atoms with Gasteiger partial charge in [0.25, 0.3) is 0 Å². The summed E-state index contributed by atoms with van der Waals surface area (Å²) in [5, 5.41) is 6.63. The molecule has 1 atom stereocenters. The molecule has 6 nitrogen and oxygen atoms in total. The third kappa shape index (κ3) is 5.19. The fraction of sp³-hybridized carbons (Fsp3) is 0.667. The second-order valence-corrected chi connectivity index (χ2v) is 10.2. The van der Waals surface area contributed by atoms with E-state index in [0.717, 1.165) is 31.1 Å². The van der Waals surface area contributed by atoms with Crippen LogP contribution in [0, 0.1) is 0 Å². The van der Waals surface area contributed by atoms with Crippen molar-refractivity contribution in [3.8, 4) is 5.75 Å². The van der Waals surface area contributed by atoms with Crippen LogP contribution in [0.3, 0.4) is 0 Å². The molecule has 2 fully saturated rings. The summed E-state index contributed by atoms with van der Waals surface area (Å²) < 4.78 is 28.8. The van der Waals surface area contributed by atoms with Crippen LogP contribution in [-0.2, 0) is 15.3 Å². The largest absolute Gasteiger partial charge is 0.497 e. The summed E-state index contributed by atoms with van der Waals surface area (Å²) in [6.07, 6.45) is 6.61. The standard InChI is InChI=1S/C21H33N3O3S/c1-3-22-20(24-18-11-14-28(25,26)15-18)23-16-21(12-5-4-6-13-21)17-7-9-19(27-2)10-8-17/h7-10,18H,3-6,11-16H2,1-2H3,(H2,22,23,24). The molecule has 0 bridgehead atoms. The Balaban J connectivity index is 1.77. The van der Waals surface area contributed by atoms with Gasteiger partial charge in [0, 0.05) is 18.0 Å². The van der Waals surface area contributed by atoms with Gasteiger partial charge < -0.3 is 15.4 Å². The van der Waals surface area contributed by atoms with E-state index in [1.165, 1.54) is 24.8 Å². The third-order valence-electron chi connectivity index (χ3n) is 5.97. The Labute approximate surface area is 169 Å². The molecule has 0 radical (unpaired) electrons. The summed E-state index contributed by atoms with van der Waals surface area (Å²) in [6, 6.07) is 8.35. The maximum atomic E-state index is 11.8. The van der Waals surface area contributed by atoms with Crippen molar-refractivity contribution in [3.63, 3.8) is 0 Å². The van der Waals surface area contributed by atoms with Crippen molar-refractivity contribution in [2.45, 2.75) is 56.9 Å². The lowest BCUT2D eigenvalue weighted by Gasteiger charge is -2.37. The third-order valence-corrected chi connectivity index (χ3v) is 7.74. The molecule has 0 aromatic heterocycles. The minimum Gasteiger partial charge on any atom is -0.497 e. The van der Waals surface area contributed by atoms with Crippen LogP contribution in [0.1, 0.15) is 51.0 Å². The van der Waals surface area contributed by atoms with Gasteiger partial charge >= 0.3 is 0 Å². The normalized spacial score (nSPS) is 23.9. The van der Waals surface area contributed by atoms with Gasteiger partial charge in [-0.25, -0.2) is 8.42 Å². The van der Waals surface area contributed by atoms with E-state index in [9.17, 15) is 8.42 Å². The van der Waals surface area contributed by atoms with E-state index in [2.05, 4.69) is 22.8 Å². The van der Waals surface area contributed by atoms with Crippen molar-refractivity contribution in [2.24, 2.45) is 4.99 Å². The Bertz CT molecular complexity index is 769. The second kappa shape index (κ2) is 9.16. The van der Waals surface area contributed by atoms with Gasteiger partial charge in [0.2, 0.25) is 0 Å². The van der Waals surface area contributed by atoms with Crippen molar-refractivity contribution in [1.82, 2.24) is 10.6 Å². The van der Waals surface area contributed by atoms with Gasteiger partial charge in [-0.1, -0.05) is 31.4 Å². The van der Waals surface area contributed by atoms with Crippen LogP contribution in [0.5, 0.6) is 5.75 Å². The first-order valence-corrected chi connectivity index (χ1v) is 12.2. The first-order valence-electron chi connectivity index (χ1n) is 10.4. The Morgan fingerprint density at radius 1 is 1.21 bits per heavy atom. The minimum atomic E-state index is -2.91. The highest BCUT2D eigenvalue weighted by Gasteiger charge is 2.34. The van der Waals surface area contributed by atoms with Gasteiger partial charge in [-0.3, -0.25) is 4.99 Å². The van der Waals surface area contributed by atoms with E-state index in [-0.39, 0.29) is 23.0 Å². The Morgan fingerprint density at radius 3 is 2.50 bits per heavy atom. The van der Waals surface area contributed by atoms with Crippen LogP contribution in [0.25, 0.3) is 0 Å². The number of methoxy groups -OCH3 is 1. The number of aliphatic imine (C=N–C) groups is 1. The molecule has 1 saturated carbocycles. The molecule has 2 N–H and O–H groups in total. The first kappa shape index (κ1) is 21.0. The molecule has 2 aliphatic rings. The lowest BCUT2D eigenvalue weighted by atomic mass is 9.69. The van der Waals surface area contributed by atoms with Crippen LogP contribution >= 0.6 is 0 Å². The van der Waals surface area contributed by atoms with Gasteiger partial charge in [0.05, 0.1) is 25.2 Å². The summed E-state index contributed by atoms with van der Waals surface area (Å²) >= 11 is 0. The lowest BCUT2D eigenvalue weighted by molar-refractivity contribution is 0.300. The van der Waals surface area contributed by atoms with Crippen molar-refractivity contribution >= 4 is 15.8 Å². The van der Waals surface area contributed by atoms with E-state index in [1.54, 1.807) is 7.11 Å². The van der Waals surface area contributed by atoms with E-state index in [0.29, 0.717) is 13.0 Å². The predicted molar refractivity (Wildman–Crippen MR) is 114 cm³/mol. The van der Waals surface area contributed by atoms with Crippen molar-refractivity contribution in [1.29, 1.82) is 0 Å². The Morgan fingerprint density at radius 2 is 1.93 bits per heavy atom. The molecule has 1 aliphatic heterocycles. The number of hydrogen-bond donors (Lipinski definition) is 2. The fourth-order valence-corrected chi connectivity index (χ4v) is 6.04. The van der Waals surface area contributed by atoms with E-state index in [4.69, 9.17) is 9.73 Å². The summed E-state index contributed by atoms with van der Waals surface area (Å²) in [6.45, 7) is 3.48. The highest BCUT2D eigenvalue weighted by atomic mass is 32.2. The molecule has 1 aliphatic carbocycles. The SMILES string of the molecule is CCNC(=NCC1(c2ccc(OC)cc2)CCCCC1)NC1CCS(=O)(=O)C1. The molecule has 156 valence electrons. The molecule has 3 rings (SSSR count). The molecule has 1 unspecified atom stereocenters. The summed E-state index contributed by atoms with van der Waals surface area (Å²) in [5.74, 6) is 2.06. The second-order valence-electron chi connectivity index (χ2n) is 8.01. The zero-order valence-electron chi connectivity index (χ0n) is 17.0. The molecular weight excluding hydrogens is 374 g/mol. The zero-order valence-corrected chi connectivity index (χ0v) is 17.9. The number of rotatable bonds is 6. The zero-order chi connectivity index (χ0) is 20.0. The number of nitrogens with zero attached hydrogens (tertiary/aromatic N) is 1. The fourth-order valence-electron chi connectivity index (χ4n) is 4.36. The molecule has 0 spiro atoms. The van der Waals surface area contributed by atoms with E-state index >= 15 is 0 Å². The average Bonchev–Trinajstić information content (AvgIpc) is 3.05. The average molecular weight is 408 g/mol. The summed E-state index contributed by atoms with van der Waals surface area (Å²) in [7, 11) is -1.22. The van der Waals surface area contributed by atoms with Crippen molar-refractivity contribution in [3.05, 3.63) is 29.8 Å². The summed E-state index contributed by atoms with van der Waals surface area (Å²) in [4.78, 5) is 4.91. The Hall–Kier alpha value is -1.76. The number of sulfone groups is 1. The van der Waals surface area contributed by atoms with Gasteiger partial charge in [-0.15, -0.1) is 0 Å². The van der Waals surface area contributed by atoms with Gasteiger partial charge in [-0.2, -0.15) is 0 Å². The van der Waals surface area contributed by atoms with Gasteiger partial charge in [-0.05, 0) is 43.9 Å². The number of nitrogens with one attached hydrogen (secondary N) is 2. The molecule has 1 aromatic rings. The molecular formula is C21H33N3O3S. The van der Waals surface area contributed by atoms with Crippen molar-refractivity contribution in [2.75, 3.05) is 31.7 Å². The van der Waals surface area contributed by atoms with Crippen LogP contribution in [0.2, 0.25) is 0 Å². The number of ether oxygens (including phenoxy) is 1. The maximum Gasteiger partial charge on any atom is 0.191 e. The van der Waals surface area contributed by atoms with Crippen LogP contribution in [0.15, 0.2) is 29.3 Å². The van der Waals surface area contributed by atoms with Crippen molar-refractivity contribution < 1.29 is 13.2 Å². The van der Waals surface area contributed by atoms with Crippen LogP contribution in [0.4, 0.5) is 0 Å². The van der Waals surface area contributed by atoms with Crippen LogP contribution < -0.4 is 15.4 Å². The minimum absolute atomic E-state index is 0.0363. The molecule has 28 heavy (non-hydrogen) atoms. The first-order chi connectivity index (χ1) is 13.5. The lowest BCUT2D eigenvalue weighted by Crippen LogP contribution is -2.45. The predicted octanol–water partition coefficient (Wildman–Crippen LogP) is 2.64. The molecule has 1 saturated heterocycles. The monoisotopic (exact) mass is 407 g/mol. The van der Waals surface area contributed by atoms with E-state index in [1.807, 2.05) is 19.1 Å². The highest BCUT2D eigenvalue weighted by molar-refractivity contribution is 7.91. The highest BCUT2D eigenvalue weighted by Crippen LogP contribution is 2.40. The topological polar surface area (TPSA) is 79.8 Å². The molecule has 1 aromatic carbocycles.